The molecule has 1 heterocycles. The number of nitrogens with one attached hydrogen (secondary N) is 1. The van der Waals surface area contributed by atoms with Crippen LogP contribution in [0.1, 0.15) is 24.4 Å². The number of halogens is 3. The number of amides is 1. The Morgan fingerprint density at radius 2 is 1.94 bits per heavy atom. The third-order valence-electron chi connectivity index (χ3n) is 1.67. The highest BCUT2D eigenvalue weighted by Gasteiger charge is 2.41. The summed E-state index contributed by atoms with van der Waals surface area (Å²) in [5.74, 6) is 0. The molecule has 5 nitrogen and oxygen atoms in total. The van der Waals surface area contributed by atoms with Gasteiger partial charge in [-0.25, -0.2) is 9.78 Å². The lowest BCUT2D eigenvalue weighted by molar-refractivity contribution is -0.143. The first kappa shape index (κ1) is 13.7. The van der Waals surface area contributed by atoms with E-state index in [0.717, 1.165) is 0 Å². The normalized spacial score (nSPS) is 12.6. The fourth-order valence-corrected chi connectivity index (χ4v) is 2.05. The molecule has 1 aromatic heterocycles. The average molecular weight is 270 g/mol. The van der Waals surface area contributed by atoms with Crippen LogP contribution in [0.25, 0.3) is 0 Å². The van der Waals surface area contributed by atoms with Crippen molar-refractivity contribution in [2.24, 2.45) is 0 Å². The third-order valence-corrected chi connectivity index (χ3v) is 2.95. The highest BCUT2D eigenvalue weighted by molar-refractivity contribution is 7.16. The third kappa shape index (κ3) is 3.30. The number of alkyl halides is 3. The van der Waals surface area contributed by atoms with Crippen molar-refractivity contribution in [2.75, 3.05) is 5.32 Å². The molecule has 96 valence electrons. The Balaban J connectivity index is 3.27. The molecule has 3 N–H and O–H groups in total. The Labute approximate surface area is 97.9 Å². The van der Waals surface area contributed by atoms with Crippen molar-refractivity contribution >= 4 is 22.6 Å². The first-order valence-electron chi connectivity index (χ1n) is 4.32. The SMILES string of the molecule is CC(C)(O)c1sc(NC(=O)O)nc1C(F)(F)F. The lowest BCUT2D eigenvalue weighted by atomic mass is 10.1. The number of aliphatic hydroxyl groups is 1. The number of carbonyl (C=O) groups is 1. The second-order valence-electron chi connectivity index (χ2n) is 3.68. The van der Waals surface area contributed by atoms with Crippen LogP contribution in [0.4, 0.5) is 23.1 Å². The van der Waals surface area contributed by atoms with Gasteiger partial charge in [0, 0.05) is 0 Å². The molecule has 0 unspecified atom stereocenters. The molecule has 0 aliphatic carbocycles. The highest BCUT2D eigenvalue weighted by atomic mass is 32.1. The van der Waals surface area contributed by atoms with Gasteiger partial charge in [0.25, 0.3) is 0 Å². The van der Waals surface area contributed by atoms with E-state index in [1.54, 1.807) is 5.32 Å². The van der Waals surface area contributed by atoms with Crippen LogP contribution in [-0.2, 0) is 11.8 Å². The van der Waals surface area contributed by atoms with E-state index < -0.39 is 33.6 Å². The maximum absolute atomic E-state index is 12.6. The molecule has 1 rings (SSSR count). The minimum atomic E-state index is -4.75. The van der Waals surface area contributed by atoms with Gasteiger partial charge in [0.1, 0.15) is 0 Å². The van der Waals surface area contributed by atoms with E-state index in [2.05, 4.69) is 4.98 Å². The van der Waals surface area contributed by atoms with Gasteiger partial charge in [0.15, 0.2) is 10.8 Å². The molecule has 1 aromatic rings. The molecule has 9 heteroatoms. The van der Waals surface area contributed by atoms with Gasteiger partial charge in [-0.3, -0.25) is 5.32 Å². The van der Waals surface area contributed by atoms with Crippen molar-refractivity contribution in [1.29, 1.82) is 0 Å². The van der Waals surface area contributed by atoms with E-state index in [1.165, 1.54) is 13.8 Å². The molecule has 0 atom stereocenters. The Bertz CT molecular complexity index is 405. The number of rotatable bonds is 2. The first-order chi connectivity index (χ1) is 7.51. The summed E-state index contributed by atoms with van der Waals surface area (Å²) in [5.41, 5.74) is -3.03. The maximum atomic E-state index is 12.6. The summed E-state index contributed by atoms with van der Waals surface area (Å²) >= 11 is 0.449. The lowest BCUT2D eigenvalue weighted by Gasteiger charge is -2.17. The van der Waals surface area contributed by atoms with Gasteiger partial charge in [-0.05, 0) is 13.8 Å². The van der Waals surface area contributed by atoms with Gasteiger partial charge in [0.05, 0.1) is 10.5 Å². The smallest absolute Gasteiger partial charge is 0.434 e. The molecule has 0 bridgehead atoms. The molecule has 0 fully saturated rings. The van der Waals surface area contributed by atoms with E-state index >= 15 is 0 Å². The predicted molar refractivity (Wildman–Crippen MR) is 54.0 cm³/mol. The Morgan fingerprint density at radius 3 is 2.24 bits per heavy atom. The van der Waals surface area contributed by atoms with Crippen LogP contribution in [0.3, 0.4) is 0 Å². The van der Waals surface area contributed by atoms with Crippen molar-refractivity contribution < 1.29 is 28.2 Å². The molecular weight excluding hydrogens is 261 g/mol. The molecule has 0 aliphatic heterocycles. The van der Waals surface area contributed by atoms with Gasteiger partial charge in [-0.1, -0.05) is 11.3 Å². The summed E-state index contributed by atoms with van der Waals surface area (Å²) in [6, 6.07) is 0. The number of nitrogens with zero attached hydrogens (tertiary/aromatic N) is 1. The highest BCUT2D eigenvalue weighted by Crippen LogP contribution is 2.41. The van der Waals surface area contributed by atoms with Crippen molar-refractivity contribution in [3.8, 4) is 0 Å². The summed E-state index contributed by atoms with van der Waals surface area (Å²) in [7, 11) is 0. The second-order valence-corrected chi connectivity index (χ2v) is 4.68. The minimum absolute atomic E-state index is 0.429. The zero-order chi connectivity index (χ0) is 13.4. The summed E-state index contributed by atoms with van der Waals surface area (Å²) in [6.45, 7) is 2.33. The summed E-state index contributed by atoms with van der Waals surface area (Å²) in [5, 5.41) is 19.3. The molecule has 0 saturated heterocycles. The van der Waals surface area contributed by atoms with Crippen molar-refractivity contribution in [3.05, 3.63) is 10.6 Å². The Morgan fingerprint density at radius 1 is 1.41 bits per heavy atom. The lowest BCUT2D eigenvalue weighted by Crippen LogP contribution is -2.20. The molecule has 0 aromatic carbocycles. The van der Waals surface area contributed by atoms with Gasteiger partial charge in [0.2, 0.25) is 0 Å². The number of thiazole rings is 1. The van der Waals surface area contributed by atoms with Gasteiger partial charge < -0.3 is 10.2 Å². The van der Waals surface area contributed by atoms with Crippen molar-refractivity contribution in [3.63, 3.8) is 0 Å². The average Bonchev–Trinajstić information content (AvgIpc) is 2.44. The van der Waals surface area contributed by atoms with Crippen LogP contribution < -0.4 is 5.32 Å². The Kier molecular flexibility index (Phi) is 3.35. The second kappa shape index (κ2) is 4.15. The predicted octanol–water partition coefficient (Wildman–Crippen LogP) is 2.48. The van der Waals surface area contributed by atoms with Crippen LogP contribution in [-0.4, -0.2) is 21.3 Å². The van der Waals surface area contributed by atoms with Crippen molar-refractivity contribution in [2.45, 2.75) is 25.6 Å². The van der Waals surface area contributed by atoms with Gasteiger partial charge in [-0.15, -0.1) is 0 Å². The van der Waals surface area contributed by atoms with Gasteiger partial charge in [-0.2, -0.15) is 13.2 Å². The molecule has 0 aliphatic rings. The number of carboxylic acid groups (broad SMARTS) is 1. The topological polar surface area (TPSA) is 82.5 Å². The minimum Gasteiger partial charge on any atom is -0.465 e. The molecule has 1 amide bonds. The largest absolute Gasteiger partial charge is 0.465 e. The van der Waals surface area contributed by atoms with Crippen LogP contribution in [0.5, 0.6) is 0 Å². The molecule has 0 spiro atoms. The van der Waals surface area contributed by atoms with E-state index in [0.29, 0.717) is 11.3 Å². The summed E-state index contributed by atoms with van der Waals surface area (Å²) < 4.78 is 37.8. The van der Waals surface area contributed by atoms with Crippen LogP contribution in [0.2, 0.25) is 0 Å². The zero-order valence-electron chi connectivity index (χ0n) is 8.79. The molecular formula is C8H9F3N2O3S. The summed E-state index contributed by atoms with van der Waals surface area (Å²) in [4.78, 5) is 13.0. The van der Waals surface area contributed by atoms with Crippen LogP contribution in [0, 0.1) is 0 Å². The molecule has 17 heavy (non-hydrogen) atoms. The van der Waals surface area contributed by atoms with Crippen LogP contribution >= 0.6 is 11.3 Å². The van der Waals surface area contributed by atoms with Crippen LogP contribution in [0.15, 0.2) is 0 Å². The maximum Gasteiger partial charge on any atom is 0.434 e. The number of hydrogen-bond acceptors (Lipinski definition) is 4. The zero-order valence-corrected chi connectivity index (χ0v) is 9.61. The fraction of sp³-hybridized carbons (Fsp3) is 0.500. The standard InChI is InChI=1S/C8H9F3N2O3S/c1-7(2,16)4-3(8(9,10)11)12-5(17-4)13-6(14)15/h16H,1-2H3,(H,12,13)(H,14,15). The first-order valence-corrected chi connectivity index (χ1v) is 5.14. The number of hydrogen-bond donors (Lipinski definition) is 3. The van der Waals surface area contributed by atoms with E-state index in [4.69, 9.17) is 5.11 Å². The van der Waals surface area contributed by atoms with E-state index in [-0.39, 0.29) is 0 Å². The van der Waals surface area contributed by atoms with E-state index in [1.807, 2.05) is 0 Å². The molecule has 0 saturated carbocycles. The summed E-state index contributed by atoms with van der Waals surface area (Å²) in [6.07, 6.45) is -6.26. The Hall–Kier alpha value is -1.35. The van der Waals surface area contributed by atoms with Crippen molar-refractivity contribution in [1.82, 2.24) is 4.98 Å². The van der Waals surface area contributed by atoms with Gasteiger partial charge >= 0.3 is 12.3 Å². The van der Waals surface area contributed by atoms with E-state index in [9.17, 15) is 23.1 Å². The quantitative estimate of drug-likeness (QED) is 0.771. The molecule has 0 radical (unpaired) electrons. The number of aromatic nitrogens is 1. The fourth-order valence-electron chi connectivity index (χ4n) is 1.07. The monoisotopic (exact) mass is 270 g/mol. The number of anilines is 1.